The highest BCUT2D eigenvalue weighted by molar-refractivity contribution is 9.10. The first-order valence-electron chi connectivity index (χ1n) is 12.1. The van der Waals surface area contributed by atoms with E-state index in [1.807, 2.05) is 23.1 Å². The SMILES string of the molecule is CCCCN(C(=O)O)C1CCN(C(=O)C(c2ccc(OC)c(Br)c2)C2(O)CCCCC2)CC1. The van der Waals surface area contributed by atoms with Crippen LogP contribution in [0.15, 0.2) is 22.7 Å². The summed E-state index contributed by atoms with van der Waals surface area (Å²) >= 11 is 3.53. The number of piperidine rings is 1. The van der Waals surface area contributed by atoms with E-state index in [1.54, 1.807) is 7.11 Å². The summed E-state index contributed by atoms with van der Waals surface area (Å²) in [6.07, 6.45) is 6.25. The van der Waals surface area contributed by atoms with Crippen LogP contribution in [0.5, 0.6) is 5.75 Å². The molecule has 7 nitrogen and oxygen atoms in total. The number of methoxy groups -OCH3 is 1. The number of ether oxygens (including phenoxy) is 1. The Balaban J connectivity index is 1.80. The van der Waals surface area contributed by atoms with Crippen molar-refractivity contribution in [3.8, 4) is 5.75 Å². The lowest BCUT2D eigenvalue weighted by atomic mass is 9.72. The van der Waals surface area contributed by atoms with Crippen LogP contribution >= 0.6 is 15.9 Å². The van der Waals surface area contributed by atoms with Crippen LogP contribution < -0.4 is 4.74 Å². The number of aliphatic hydroxyl groups is 1. The summed E-state index contributed by atoms with van der Waals surface area (Å²) in [4.78, 5) is 28.9. The van der Waals surface area contributed by atoms with E-state index >= 15 is 0 Å². The van der Waals surface area contributed by atoms with E-state index in [0.29, 0.717) is 51.1 Å². The van der Waals surface area contributed by atoms with Gasteiger partial charge in [-0.2, -0.15) is 0 Å². The lowest BCUT2D eigenvalue weighted by molar-refractivity contribution is -0.143. The molecule has 0 spiro atoms. The molecule has 1 saturated carbocycles. The molecule has 1 atom stereocenters. The third-order valence-corrected chi connectivity index (χ3v) is 7.85. The van der Waals surface area contributed by atoms with Gasteiger partial charge in [0.05, 0.1) is 23.1 Å². The van der Waals surface area contributed by atoms with Crippen LogP contribution in [0.1, 0.15) is 76.2 Å². The van der Waals surface area contributed by atoms with Gasteiger partial charge in [-0.15, -0.1) is 0 Å². The zero-order valence-electron chi connectivity index (χ0n) is 19.8. The van der Waals surface area contributed by atoms with Gasteiger partial charge in [-0.1, -0.05) is 38.7 Å². The molecule has 33 heavy (non-hydrogen) atoms. The molecule has 2 amide bonds. The average molecular weight is 525 g/mol. The first-order valence-corrected chi connectivity index (χ1v) is 12.9. The van der Waals surface area contributed by atoms with E-state index < -0.39 is 17.6 Å². The van der Waals surface area contributed by atoms with Crippen molar-refractivity contribution >= 4 is 27.9 Å². The third-order valence-electron chi connectivity index (χ3n) is 7.23. The second-order valence-electron chi connectivity index (χ2n) is 9.38. The van der Waals surface area contributed by atoms with E-state index in [4.69, 9.17) is 4.74 Å². The number of hydrogen-bond donors (Lipinski definition) is 2. The fourth-order valence-corrected chi connectivity index (χ4v) is 5.90. The van der Waals surface area contributed by atoms with Crippen LogP contribution in [-0.4, -0.2) is 70.4 Å². The minimum absolute atomic E-state index is 0.0645. The quantitative estimate of drug-likeness (QED) is 0.498. The highest BCUT2D eigenvalue weighted by Crippen LogP contribution is 2.43. The van der Waals surface area contributed by atoms with Crippen molar-refractivity contribution in [2.75, 3.05) is 26.7 Å². The summed E-state index contributed by atoms with van der Waals surface area (Å²) < 4.78 is 6.11. The zero-order valence-corrected chi connectivity index (χ0v) is 21.3. The highest BCUT2D eigenvalue weighted by Gasteiger charge is 2.45. The van der Waals surface area contributed by atoms with Gasteiger partial charge in [0.1, 0.15) is 5.75 Å². The van der Waals surface area contributed by atoms with Crippen LogP contribution in [0, 0.1) is 0 Å². The average Bonchev–Trinajstić information content (AvgIpc) is 2.80. The molecule has 3 rings (SSSR count). The molecule has 1 unspecified atom stereocenters. The van der Waals surface area contributed by atoms with Gasteiger partial charge in [0.15, 0.2) is 0 Å². The van der Waals surface area contributed by atoms with Crippen LogP contribution in [0.3, 0.4) is 0 Å². The van der Waals surface area contributed by atoms with Crippen LogP contribution in [0.2, 0.25) is 0 Å². The van der Waals surface area contributed by atoms with Crippen molar-refractivity contribution in [3.63, 3.8) is 0 Å². The summed E-state index contributed by atoms with van der Waals surface area (Å²) in [6, 6.07) is 5.53. The largest absolute Gasteiger partial charge is 0.496 e. The lowest BCUT2D eigenvalue weighted by Gasteiger charge is -2.43. The zero-order chi connectivity index (χ0) is 24.0. The van der Waals surface area contributed by atoms with Crippen molar-refractivity contribution in [2.24, 2.45) is 0 Å². The summed E-state index contributed by atoms with van der Waals surface area (Å²) in [7, 11) is 1.60. The molecule has 0 bridgehead atoms. The number of hydrogen-bond acceptors (Lipinski definition) is 4. The molecule has 1 heterocycles. The molecule has 1 saturated heterocycles. The van der Waals surface area contributed by atoms with E-state index in [0.717, 1.165) is 42.1 Å². The summed E-state index contributed by atoms with van der Waals surface area (Å²) in [6.45, 7) is 3.59. The Bertz CT molecular complexity index is 819. The third kappa shape index (κ3) is 6.01. The first-order chi connectivity index (χ1) is 15.8. The number of carbonyl (C=O) groups excluding carboxylic acids is 1. The molecular weight excluding hydrogens is 488 g/mol. The molecule has 1 aromatic carbocycles. The smallest absolute Gasteiger partial charge is 0.407 e. The predicted molar refractivity (Wildman–Crippen MR) is 131 cm³/mol. The van der Waals surface area contributed by atoms with Gasteiger partial charge in [0, 0.05) is 25.7 Å². The molecule has 2 fully saturated rings. The topological polar surface area (TPSA) is 90.3 Å². The van der Waals surface area contributed by atoms with Gasteiger partial charge >= 0.3 is 6.09 Å². The van der Waals surface area contributed by atoms with Crippen molar-refractivity contribution in [2.45, 2.75) is 82.3 Å². The number of carbonyl (C=O) groups is 2. The van der Waals surface area contributed by atoms with Gasteiger partial charge in [-0.25, -0.2) is 4.79 Å². The van der Waals surface area contributed by atoms with Gasteiger partial charge in [0.25, 0.3) is 0 Å². The maximum atomic E-state index is 13.8. The normalized spacial score (nSPS) is 19.7. The second kappa shape index (κ2) is 11.6. The van der Waals surface area contributed by atoms with E-state index in [1.165, 1.54) is 4.90 Å². The van der Waals surface area contributed by atoms with Crippen LogP contribution in [0.25, 0.3) is 0 Å². The Kier molecular flexibility index (Phi) is 9.04. The second-order valence-corrected chi connectivity index (χ2v) is 10.2. The monoisotopic (exact) mass is 524 g/mol. The van der Waals surface area contributed by atoms with Crippen molar-refractivity contribution in [1.29, 1.82) is 0 Å². The number of carboxylic acid groups (broad SMARTS) is 1. The number of halogens is 1. The molecule has 184 valence electrons. The molecule has 2 aliphatic rings. The minimum Gasteiger partial charge on any atom is -0.496 e. The number of likely N-dealkylation sites (tertiary alicyclic amines) is 1. The number of amides is 2. The Morgan fingerprint density at radius 3 is 2.45 bits per heavy atom. The Morgan fingerprint density at radius 2 is 1.91 bits per heavy atom. The Hall–Kier alpha value is -1.80. The maximum absolute atomic E-state index is 13.8. The van der Waals surface area contributed by atoms with Crippen molar-refractivity contribution in [3.05, 3.63) is 28.2 Å². The summed E-state index contributed by atoms with van der Waals surface area (Å²) in [5.41, 5.74) is -0.289. The highest BCUT2D eigenvalue weighted by atomic mass is 79.9. The fraction of sp³-hybridized carbons (Fsp3) is 0.680. The molecular formula is C25H37BrN2O5. The Morgan fingerprint density at radius 1 is 1.24 bits per heavy atom. The number of unbranched alkanes of at least 4 members (excludes halogenated alkanes) is 1. The summed E-state index contributed by atoms with van der Waals surface area (Å²) in [5.74, 6) is -0.0280. The maximum Gasteiger partial charge on any atom is 0.407 e. The summed E-state index contributed by atoms with van der Waals surface area (Å²) in [5, 5.41) is 21.3. The predicted octanol–water partition coefficient (Wildman–Crippen LogP) is 5.01. The number of rotatable bonds is 8. The van der Waals surface area contributed by atoms with Crippen molar-refractivity contribution in [1.82, 2.24) is 9.80 Å². The van der Waals surface area contributed by atoms with Crippen LogP contribution in [0.4, 0.5) is 4.79 Å². The van der Waals surface area contributed by atoms with Crippen molar-refractivity contribution < 1.29 is 24.5 Å². The van der Waals surface area contributed by atoms with Gasteiger partial charge in [-0.3, -0.25) is 4.79 Å². The first kappa shape index (κ1) is 25.8. The fourth-order valence-electron chi connectivity index (χ4n) is 5.34. The standard InChI is InChI=1S/C25H37BrN2O5/c1-3-4-14-28(24(30)31)19-10-15-27(16-11-19)23(29)22(25(32)12-6-5-7-13-25)18-8-9-21(33-2)20(26)17-18/h8-9,17,19,22,32H,3-7,10-16H2,1-2H3,(H,30,31). The van der Waals surface area contributed by atoms with E-state index in [2.05, 4.69) is 22.9 Å². The van der Waals surface area contributed by atoms with Gasteiger partial charge in [-0.05, 0) is 65.7 Å². The minimum atomic E-state index is -1.07. The molecule has 1 aliphatic heterocycles. The molecule has 2 N–H and O–H groups in total. The van der Waals surface area contributed by atoms with Gasteiger partial charge < -0.3 is 24.7 Å². The van der Waals surface area contributed by atoms with Crippen LogP contribution in [-0.2, 0) is 4.79 Å². The lowest BCUT2D eigenvalue weighted by Crippen LogP contribution is -2.53. The number of nitrogens with zero attached hydrogens (tertiary/aromatic N) is 2. The van der Waals surface area contributed by atoms with E-state index in [-0.39, 0.29) is 11.9 Å². The molecule has 1 aromatic rings. The number of benzene rings is 1. The molecule has 1 aliphatic carbocycles. The molecule has 0 radical (unpaired) electrons. The van der Waals surface area contributed by atoms with Gasteiger partial charge in [0.2, 0.25) is 5.91 Å². The molecule has 8 heteroatoms. The Labute approximate surface area is 205 Å². The van der Waals surface area contributed by atoms with E-state index in [9.17, 15) is 19.8 Å². The molecule has 0 aromatic heterocycles.